The molecule has 9 heteroatoms. The maximum absolute atomic E-state index is 13.1. The highest BCUT2D eigenvalue weighted by molar-refractivity contribution is 6.06. The van der Waals surface area contributed by atoms with Crippen LogP contribution in [0, 0.1) is 5.92 Å². The molecule has 1 fully saturated rings. The molecular formula is C28H32N4O5. The van der Waals surface area contributed by atoms with Crippen molar-refractivity contribution in [2.75, 3.05) is 36.5 Å². The van der Waals surface area contributed by atoms with Crippen molar-refractivity contribution >= 4 is 29.1 Å². The van der Waals surface area contributed by atoms with Gasteiger partial charge in [-0.05, 0) is 35.7 Å². The molecule has 0 aromatic heterocycles. The van der Waals surface area contributed by atoms with Crippen molar-refractivity contribution in [2.45, 2.75) is 38.0 Å². The number of aliphatic hydroxyl groups is 2. The van der Waals surface area contributed by atoms with Crippen molar-refractivity contribution in [1.29, 1.82) is 0 Å². The molecule has 194 valence electrons. The third-order valence-electron chi connectivity index (χ3n) is 7.67. The molecule has 5 rings (SSSR count). The molecule has 3 aliphatic heterocycles. The van der Waals surface area contributed by atoms with E-state index in [1.54, 1.807) is 47.1 Å². The van der Waals surface area contributed by atoms with Gasteiger partial charge >= 0.3 is 0 Å². The molecule has 3 aliphatic rings. The lowest BCUT2D eigenvalue weighted by atomic mass is 9.82. The minimum absolute atomic E-state index is 0.0694. The van der Waals surface area contributed by atoms with E-state index in [-0.39, 0.29) is 37.4 Å². The van der Waals surface area contributed by atoms with Crippen molar-refractivity contribution in [3.8, 4) is 0 Å². The van der Waals surface area contributed by atoms with Gasteiger partial charge in [0.1, 0.15) is 0 Å². The molecule has 3 atom stereocenters. The highest BCUT2D eigenvalue weighted by Gasteiger charge is 2.49. The van der Waals surface area contributed by atoms with Crippen molar-refractivity contribution < 1.29 is 24.6 Å². The van der Waals surface area contributed by atoms with Gasteiger partial charge in [0.15, 0.2) is 5.60 Å². The molecule has 4 N–H and O–H groups in total. The van der Waals surface area contributed by atoms with Gasteiger partial charge in [0.2, 0.25) is 11.8 Å². The van der Waals surface area contributed by atoms with E-state index >= 15 is 0 Å². The number of hydrogen-bond donors (Lipinski definition) is 4. The molecule has 37 heavy (non-hydrogen) atoms. The summed E-state index contributed by atoms with van der Waals surface area (Å²) in [6, 6.07) is 12.8. The maximum atomic E-state index is 13.1. The summed E-state index contributed by atoms with van der Waals surface area (Å²) in [6.07, 6.45) is 4.05. The van der Waals surface area contributed by atoms with Crippen molar-refractivity contribution in [1.82, 2.24) is 10.2 Å². The minimum Gasteiger partial charge on any atom is -0.394 e. The summed E-state index contributed by atoms with van der Waals surface area (Å²) in [5.41, 5.74) is 1.94. The van der Waals surface area contributed by atoms with Gasteiger partial charge in [-0.25, -0.2) is 0 Å². The summed E-state index contributed by atoms with van der Waals surface area (Å²) in [7, 11) is 0. The predicted octanol–water partition coefficient (Wildman–Crippen LogP) is 1.29. The van der Waals surface area contributed by atoms with Crippen LogP contribution in [-0.4, -0.2) is 65.1 Å². The lowest BCUT2D eigenvalue weighted by Crippen LogP contribution is -2.48. The van der Waals surface area contributed by atoms with E-state index in [9.17, 15) is 24.6 Å². The molecule has 3 heterocycles. The molecule has 0 radical (unpaired) electrons. The van der Waals surface area contributed by atoms with Crippen molar-refractivity contribution in [3.05, 3.63) is 71.3 Å². The summed E-state index contributed by atoms with van der Waals surface area (Å²) in [5, 5.41) is 27.2. The summed E-state index contributed by atoms with van der Waals surface area (Å²) in [4.78, 5) is 41.7. The molecule has 1 saturated heterocycles. The number of anilines is 2. The summed E-state index contributed by atoms with van der Waals surface area (Å²) in [6.45, 7) is 3.46. The van der Waals surface area contributed by atoms with Crippen LogP contribution in [0.1, 0.15) is 30.0 Å². The number of amides is 3. The monoisotopic (exact) mass is 504 g/mol. The number of aliphatic hydroxyl groups excluding tert-OH is 1. The fourth-order valence-corrected chi connectivity index (χ4v) is 5.47. The number of carbonyl (C=O) groups excluding carboxylic acids is 3. The fraction of sp³-hybridized carbons (Fsp3) is 0.393. The van der Waals surface area contributed by atoms with Crippen molar-refractivity contribution in [2.24, 2.45) is 5.92 Å². The summed E-state index contributed by atoms with van der Waals surface area (Å²) >= 11 is 0. The average Bonchev–Trinajstić information content (AvgIpc) is 3.17. The highest BCUT2D eigenvalue weighted by atomic mass is 16.3. The Morgan fingerprint density at radius 2 is 2.00 bits per heavy atom. The molecule has 0 bridgehead atoms. The Bertz CT molecular complexity index is 1260. The second kappa shape index (κ2) is 10.1. The first-order chi connectivity index (χ1) is 17.8. The Morgan fingerprint density at radius 3 is 2.76 bits per heavy atom. The van der Waals surface area contributed by atoms with Gasteiger partial charge < -0.3 is 30.6 Å². The number of piperazine rings is 1. The largest absolute Gasteiger partial charge is 0.394 e. The van der Waals surface area contributed by atoms with Crippen LogP contribution in [0.2, 0.25) is 0 Å². The minimum atomic E-state index is -1.83. The van der Waals surface area contributed by atoms with Crippen LogP contribution in [0.5, 0.6) is 0 Å². The number of rotatable bonds is 6. The van der Waals surface area contributed by atoms with Crippen LogP contribution in [0.25, 0.3) is 0 Å². The first-order valence-corrected chi connectivity index (χ1v) is 12.7. The zero-order valence-electron chi connectivity index (χ0n) is 20.8. The van der Waals surface area contributed by atoms with E-state index in [1.807, 2.05) is 24.3 Å². The molecular weight excluding hydrogens is 472 g/mol. The second-order valence-corrected chi connectivity index (χ2v) is 9.92. The molecule has 9 nitrogen and oxygen atoms in total. The number of fused-ring (bicyclic) bond motifs is 2. The first kappa shape index (κ1) is 25.1. The van der Waals surface area contributed by atoms with Crippen LogP contribution < -0.4 is 15.5 Å². The normalized spacial score (nSPS) is 24.1. The zero-order valence-corrected chi connectivity index (χ0v) is 20.8. The number of carbonyl (C=O) groups is 3. The number of nitrogens with one attached hydrogen (secondary N) is 2. The van der Waals surface area contributed by atoms with E-state index in [2.05, 4.69) is 10.6 Å². The van der Waals surface area contributed by atoms with Gasteiger partial charge in [-0.3, -0.25) is 14.4 Å². The topological polar surface area (TPSA) is 122 Å². The van der Waals surface area contributed by atoms with Gasteiger partial charge in [0.25, 0.3) is 5.91 Å². The second-order valence-electron chi connectivity index (χ2n) is 9.92. The summed E-state index contributed by atoms with van der Waals surface area (Å²) in [5.74, 6) is -1.37. The fourth-order valence-electron chi connectivity index (χ4n) is 5.47. The molecule has 0 saturated carbocycles. The van der Waals surface area contributed by atoms with Gasteiger partial charge in [0, 0.05) is 48.9 Å². The Hall–Kier alpha value is -3.53. The third-order valence-corrected chi connectivity index (χ3v) is 7.67. The van der Waals surface area contributed by atoms with E-state index in [1.165, 1.54) is 0 Å². The summed E-state index contributed by atoms with van der Waals surface area (Å²) < 4.78 is 0. The van der Waals surface area contributed by atoms with Gasteiger partial charge in [-0.15, -0.1) is 0 Å². The molecule has 0 unspecified atom stereocenters. The van der Waals surface area contributed by atoms with E-state index in [0.717, 1.165) is 11.1 Å². The van der Waals surface area contributed by atoms with Crippen LogP contribution in [0.3, 0.4) is 0 Å². The van der Waals surface area contributed by atoms with Gasteiger partial charge in [-0.2, -0.15) is 0 Å². The Kier molecular flexibility index (Phi) is 6.85. The number of benzene rings is 2. The zero-order chi connectivity index (χ0) is 26.2. The lowest BCUT2D eigenvalue weighted by Gasteiger charge is -2.36. The SMILES string of the molecule is C[C@@H](/C=C/CC(=O)N1Cc2ccccc2C[C@H]1CO)[C@]1(O)C(=O)Nc2ccc(N3CCNCC3=O)cc21. The third kappa shape index (κ3) is 4.54. The van der Waals surface area contributed by atoms with Crippen molar-refractivity contribution in [3.63, 3.8) is 0 Å². The molecule has 0 aliphatic carbocycles. The van der Waals surface area contributed by atoms with Crippen LogP contribution in [0.15, 0.2) is 54.6 Å². The maximum Gasteiger partial charge on any atom is 0.261 e. The standard InChI is InChI=1S/C28H32N4O5/c1-18(5-4-8-25(34)32-16-20-7-3-2-6-19(20)13-22(32)17-33)28(37)23-14-21(9-10-24(23)30-27(28)36)31-12-11-29-15-26(31)35/h2-7,9-10,14,18,22,29,33,37H,8,11-13,15-17H2,1H3,(H,30,36)/b5-4+/t18-,22-,28+/m0/s1. The molecule has 3 amide bonds. The van der Waals surface area contributed by atoms with E-state index in [0.29, 0.717) is 43.0 Å². The Balaban J connectivity index is 1.31. The van der Waals surface area contributed by atoms with Crippen LogP contribution in [0.4, 0.5) is 11.4 Å². The van der Waals surface area contributed by atoms with Gasteiger partial charge in [-0.1, -0.05) is 43.3 Å². The molecule has 2 aromatic rings. The first-order valence-electron chi connectivity index (χ1n) is 12.7. The van der Waals surface area contributed by atoms with E-state index < -0.39 is 17.4 Å². The lowest BCUT2D eigenvalue weighted by molar-refractivity contribution is -0.137. The molecule has 0 spiro atoms. The number of hydrogen-bond acceptors (Lipinski definition) is 6. The number of nitrogens with zero attached hydrogens (tertiary/aromatic N) is 2. The van der Waals surface area contributed by atoms with Crippen LogP contribution in [-0.2, 0) is 33.0 Å². The average molecular weight is 505 g/mol. The highest BCUT2D eigenvalue weighted by Crippen LogP contribution is 2.43. The predicted molar refractivity (Wildman–Crippen MR) is 139 cm³/mol. The van der Waals surface area contributed by atoms with E-state index in [4.69, 9.17) is 0 Å². The Morgan fingerprint density at radius 1 is 1.22 bits per heavy atom. The van der Waals surface area contributed by atoms with Gasteiger partial charge in [0.05, 0.1) is 19.2 Å². The smallest absolute Gasteiger partial charge is 0.261 e. The quantitative estimate of drug-likeness (QED) is 0.440. The Labute approximate surface area is 215 Å². The van der Waals surface area contributed by atoms with Crippen LogP contribution >= 0.6 is 0 Å². The molecule has 2 aromatic carbocycles.